The largest absolute Gasteiger partial charge is 0.467 e. The van der Waals surface area contributed by atoms with Gasteiger partial charge in [-0.05, 0) is 33.6 Å². The molecule has 0 aromatic heterocycles. The van der Waals surface area contributed by atoms with Gasteiger partial charge < -0.3 is 9.47 Å². The van der Waals surface area contributed by atoms with Crippen LogP contribution in [-0.2, 0) is 14.3 Å². The van der Waals surface area contributed by atoms with Gasteiger partial charge in [-0.2, -0.15) is 13.2 Å². The van der Waals surface area contributed by atoms with E-state index in [-0.39, 0.29) is 12.8 Å². The highest BCUT2D eigenvalue weighted by Gasteiger charge is 2.48. The third-order valence-corrected chi connectivity index (χ3v) is 3.15. The predicted octanol–water partition coefficient (Wildman–Crippen LogP) is 2.74. The first kappa shape index (κ1) is 17.6. The Morgan fingerprint density at radius 2 is 1.71 bits per heavy atom. The van der Waals surface area contributed by atoms with Crippen molar-refractivity contribution in [3.05, 3.63) is 0 Å². The van der Waals surface area contributed by atoms with Gasteiger partial charge in [0.25, 0.3) is 0 Å². The van der Waals surface area contributed by atoms with Crippen molar-refractivity contribution < 1.29 is 32.2 Å². The minimum absolute atomic E-state index is 0.101. The van der Waals surface area contributed by atoms with Gasteiger partial charge in [0, 0.05) is 6.54 Å². The van der Waals surface area contributed by atoms with E-state index in [1.807, 2.05) is 0 Å². The third-order valence-electron chi connectivity index (χ3n) is 3.15. The average Bonchev–Trinajstić information content (AvgIpc) is 2.34. The van der Waals surface area contributed by atoms with Crippen molar-refractivity contribution in [1.82, 2.24) is 4.90 Å². The van der Waals surface area contributed by atoms with E-state index in [0.29, 0.717) is 0 Å². The molecule has 1 heterocycles. The second-order valence-electron chi connectivity index (χ2n) is 5.99. The standard InChI is InChI=1S/C13H20F3NO4/c1-12(2,3)21-11(19)17-7-8(13(14,15)16)5-6-9(17)10(18)20-4/h8-9H,5-7H2,1-4H3/t8-,9-/m0/s1. The van der Waals surface area contributed by atoms with Crippen LogP contribution in [0.4, 0.5) is 18.0 Å². The molecule has 0 aromatic rings. The monoisotopic (exact) mass is 311 g/mol. The Morgan fingerprint density at radius 3 is 2.14 bits per heavy atom. The molecule has 1 aliphatic heterocycles. The number of alkyl halides is 3. The van der Waals surface area contributed by atoms with Crippen molar-refractivity contribution >= 4 is 12.1 Å². The first-order chi connectivity index (χ1) is 9.45. The number of halogens is 3. The zero-order valence-corrected chi connectivity index (χ0v) is 12.5. The third kappa shape index (κ3) is 4.78. The maximum Gasteiger partial charge on any atom is 0.411 e. The number of hydrogen-bond acceptors (Lipinski definition) is 4. The Balaban J connectivity index is 2.93. The van der Waals surface area contributed by atoms with Gasteiger partial charge in [-0.25, -0.2) is 9.59 Å². The lowest BCUT2D eigenvalue weighted by Crippen LogP contribution is -2.54. The number of rotatable bonds is 1. The molecule has 0 saturated carbocycles. The van der Waals surface area contributed by atoms with Crippen LogP contribution in [-0.4, -0.2) is 48.4 Å². The Kier molecular flexibility index (Phi) is 5.11. The van der Waals surface area contributed by atoms with E-state index in [9.17, 15) is 22.8 Å². The molecule has 0 radical (unpaired) electrons. The molecule has 1 rings (SSSR count). The molecule has 0 aliphatic carbocycles. The Morgan fingerprint density at radius 1 is 1.14 bits per heavy atom. The van der Waals surface area contributed by atoms with Crippen molar-refractivity contribution in [3.8, 4) is 0 Å². The van der Waals surface area contributed by atoms with Crippen molar-refractivity contribution in [2.45, 2.75) is 51.4 Å². The lowest BCUT2D eigenvalue weighted by atomic mass is 9.92. The molecule has 1 fully saturated rings. The van der Waals surface area contributed by atoms with E-state index in [1.165, 1.54) is 0 Å². The van der Waals surface area contributed by atoms with Gasteiger partial charge in [0.2, 0.25) is 0 Å². The first-order valence-electron chi connectivity index (χ1n) is 6.60. The Hall–Kier alpha value is -1.47. The summed E-state index contributed by atoms with van der Waals surface area (Å²) in [5.74, 6) is -2.40. The summed E-state index contributed by atoms with van der Waals surface area (Å²) in [6.45, 7) is 4.20. The van der Waals surface area contributed by atoms with Crippen molar-refractivity contribution in [2.75, 3.05) is 13.7 Å². The van der Waals surface area contributed by atoms with Gasteiger partial charge in [-0.15, -0.1) is 0 Å². The Labute approximate surface area is 121 Å². The topological polar surface area (TPSA) is 55.8 Å². The molecule has 0 unspecified atom stereocenters. The molecular weight excluding hydrogens is 291 g/mol. The Bertz CT molecular complexity index is 403. The van der Waals surface area contributed by atoms with E-state index in [1.54, 1.807) is 20.8 Å². The highest BCUT2D eigenvalue weighted by Crippen LogP contribution is 2.36. The molecule has 1 aliphatic rings. The van der Waals surface area contributed by atoms with Gasteiger partial charge in [-0.3, -0.25) is 4.90 Å². The van der Waals surface area contributed by atoms with Gasteiger partial charge >= 0.3 is 18.2 Å². The maximum atomic E-state index is 12.8. The van der Waals surface area contributed by atoms with Gasteiger partial charge in [0.15, 0.2) is 0 Å². The second-order valence-corrected chi connectivity index (χ2v) is 5.99. The normalized spacial score (nSPS) is 23.7. The highest BCUT2D eigenvalue weighted by molar-refractivity contribution is 5.81. The minimum Gasteiger partial charge on any atom is -0.467 e. The van der Waals surface area contributed by atoms with Crippen LogP contribution in [0.15, 0.2) is 0 Å². The van der Waals surface area contributed by atoms with Crippen LogP contribution in [0.3, 0.4) is 0 Å². The molecule has 0 aromatic carbocycles. The second kappa shape index (κ2) is 6.11. The zero-order valence-electron chi connectivity index (χ0n) is 12.5. The summed E-state index contributed by atoms with van der Waals surface area (Å²) in [7, 11) is 1.13. The minimum atomic E-state index is -4.42. The van der Waals surface area contributed by atoms with Crippen LogP contribution in [0.25, 0.3) is 0 Å². The molecule has 0 bridgehead atoms. The van der Waals surface area contributed by atoms with Crippen molar-refractivity contribution in [3.63, 3.8) is 0 Å². The highest BCUT2D eigenvalue weighted by atomic mass is 19.4. The summed E-state index contributed by atoms with van der Waals surface area (Å²) in [5.41, 5.74) is -0.858. The van der Waals surface area contributed by atoms with E-state index >= 15 is 0 Å². The van der Waals surface area contributed by atoms with E-state index in [2.05, 4.69) is 4.74 Å². The van der Waals surface area contributed by atoms with Crippen molar-refractivity contribution in [1.29, 1.82) is 0 Å². The first-order valence-corrected chi connectivity index (χ1v) is 6.60. The number of methoxy groups -OCH3 is 1. The number of carbonyl (C=O) groups is 2. The fourth-order valence-corrected chi connectivity index (χ4v) is 2.14. The number of nitrogens with zero attached hydrogens (tertiary/aromatic N) is 1. The number of hydrogen-bond donors (Lipinski definition) is 0. The molecule has 21 heavy (non-hydrogen) atoms. The molecule has 1 amide bonds. The molecule has 8 heteroatoms. The summed E-state index contributed by atoms with van der Waals surface area (Å²) < 4.78 is 48.1. The summed E-state index contributed by atoms with van der Waals surface area (Å²) >= 11 is 0. The van der Waals surface area contributed by atoms with Crippen LogP contribution in [0.2, 0.25) is 0 Å². The summed E-state index contributed by atoms with van der Waals surface area (Å²) in [6, 6.07) is -1.04. The van der Waals surface area contributed by atoms with E-state index in [0.717, 1.165) is 12.0 Å². The van der Waals surface area contributed by atoms with Gasteiger partial charge in [0.05, 0.1) is 13.0 Å². The lowest BCUT2D eigenvalue weighted by molar-refractivity contribution is -0.192. The number of carbonyl (C=O) groups excluding carboxylic acids is 2. The summed E-state index contributed by atoms with van der Waals surface area (Å²) in [6.07, 6.45) is -5.67. The van der Waals surface area contributed by atoms with Crippen LogP contribution in [0.1, 0.15) is 33.6 Å². The lowest BCUT2D eigenvalue weighted by Gasteiger charge is -2.39. The number of amides is 1. The molecule has 5 nitrogen and oxygen atoms in total. The summed E-state index contributed by atoms with van der Waals surface area (Å²) in [4.78, 5) is 24.5. The average molecular weight is 311 g/mol. The van der Waals surface area contributed by atoms with Crippen molar-refractivity contribution in [2.24, 2.45) is 5.92 Å². The SMILES string of the molecule is COC(=O)[C@@H]1CC[C@H](C(F)(F)F)CN1C(=O)OC(C)(C)C. The molecule has 1 saturated heterocycles. The molecule has 2 atom stereocenters. The zero-order chi connectivity index (χ0) is 16.4. The number of esters is 1. The fourth-order valence-electron chi connectivity index (χ4n) is 2.14. The van der Waals surface area contributed by atoms with Gasteiger partial charge in [-0.1, -0.05) is 0 Å². The van der Waals surface area contributed by atoms with E-state index < -0.39 is 42.3 Å². The van der Waals surface area contributed by atoms with Gasteiger partial charge in [0.1, 0.15) is 11.6 Å². The number of piperidine rings is 1. The van der Waals surface area contributed by atoms with Crippen LogP contribution in [0, 0.1) is 5.92 Å². The number of ether oxygens (including phenoxy) is 2. The van der Waals surface area contributed by atoms with Crippen LogP contribution >= 0.6 is 0 Å². The predicted molar refractivity (Wildman–Crippen MR) is 67.5 cm³/mol. The quantitative estimate of drug-likeness (QED) is 0.699. The smallest absolute Gasteiger partial charge is 0.411 e. The fraction of sp³-hybridized carbons (Fsp3) is 0.846. The van der Waals surface area contributed by atoms with Crippen LogP contribution < -0.4 is 0 Å². The molecular formula is C13H20F3NO4. The molecule has 0 N–H and O–H groups in total. The number of likely N-dealkylation sites (tertiary alicyclic amines) is 1. The maximum absolute atomic E-state index is 12.8. The molecule has 122 valence electrons. The van der Waals surface area contributed by atoms with E-state index in [4.69, 9.17) is 4.74 Å². The van der Waals surface area contributed by atoms with Crippen LogP contribution in [0.5, 0.6) is 0 Å². The molecule has 0 spiro atoms. The summed E-state index contributed by atoms with van der Waals surface area (Å²) in [5, 5.41) is 0.